The zero-order chi connectivity index (χ0) is 11.3. The number of nitrogens with one attached hydrogen (secondary N) is 1. The minimum absolute atomic E-state index is 0.0202. The van der Waals surface area contributed by atoms with Crippen LogP contribution in [0.1, 0.15) is 36.9 Å². The van der Waals surface area contributed by atoms with Gasteiger partial charge >= 0.3 is 0 Å². The van der Waals surface area contributed by atoms with E-state index in [0.29, 0.717) is 17.4 Å². The maximum absolute atomic E-state index is 11.9. The highest BCUT2D eigenvalue weighted by Crippen LogP contribution is 2.63. The van der Waals surface area contributed by atoms with Gasteiger partial charge in [0.2, 0.25) is 0 Å². The standard InChI is InChI=1S/C13H17NO2/c1-8-6-12(15)11(7-14-8)13(16)9-4-2-3-5-10(9)13/h6-7,9-10,16H,2-5H2,1H3,(H,14,15). The average Bonchev–Trinajstić information content (AvgIpc) is 2.86. The summed E-state index contributed by atoms with van der Waals surface area (Å²) in [5.74, 6) is 0.648. The highest BCUT2D eigenvalue weighted by atomic mass is 16.3. The molecule has 2 aliphatic carbocycles. The van der Waals surface area contributed by atoms with Gasteiger partial charge in [0.25, 0.3) is 0 Å². The molecule has 0 aromatic carbocycles. The number of aromatic nitrogens is 1. The molecule has 0 radical (unpaired) electrons. The number of H-pyrrole nitrogens is 1. The van der Waals surface area contributed by atoms with Gasteiger partial charge in [0.1, 0.15) is 5.60 Å². The molecule has 1 aromatic heterocycles. The summed E-state index contributed by atoms with van der Waals surface area (Å²) in [6.45, 7) is 1.86. The largest absolute Gasteiger partial charge is 0.384 e. The van der Waals surface area contributed by atoms with E-state index in [4.69, 9.17) is 0 Å². The summed E-state index contributed by atoms with van der Waals surface area (Å²) < 4.78 is 0. The number of hydrogen-bond donors (Lipinski definition) is 2. The van der Waals surface area contributed by atoms with Crippen LogP contribution in [0, 0.1) is 18.8 Å². The Balaban J connectivity index is 2.01. The van der Waals surface area contributed by atoms with Gasteiger partial charge in [0.05, 0.1) is 0 Å². The molecule has 3 rings (SSSR count). The fourth-order valence-electron chi connectivity index (χ4n) is 3.38. The molecule has 2 aliphatic rings. The van der Waals surface area contributed by atoms with Crippen LogP contribution in [0.15, 0.2) is 17.1 Å². The zero-order valence-electron chi connectivity index (χ0n) is 9.49. The molecule has 16 heavy (non-hydrogen) atoms. The molecule has 2 N–H and O–H groups in total. The minimum Gasteiger partial charge on any atom is -0.384 e. The van der Waals surface area contributed by atoms with Gasteiger partial charge in [-0.1, -0.05) is 12.8 Å². The summed E-state index contributed by atoms with van der Waals surface area (Å²) in [6, 6.07) is 1.58. The first kappa shape index (κ1) is 10.1. The zero-order valence-corrected chi connectivity index (χ0v) is 9.49. The Hall–Kier alpha value is -1.09. The van der Waals surface area contributed by atoms with Gasteiger partial charge < -0.3 is 10.1 Å². The van der Waals surface area contributed by atoms with E-state index in [2.05, 4.69) is 4.98 Å². The molecule has 2 unspecified atom stereocenters. The molecule has 0 amide bonds. The van der Waals surface area contributed by atoms with Gasteiger partial charge in [0, 0.05) is 23.5 Å². The summed E-state index contributed by atoms with van der Waals surface area (Å²) in [4.78, 5) is 14.9. The molecule has 3 heteroatoms. The lowest BCUT2D eigenvalue weighted by molar-refractivity contribution is 0.116. The lowest BCUT2D eigenvalue weighted by Crippen LogP contribution is -2.22. The lowest BCUT2D eigenvalue weighted by Gasteiger charge is -2.10. The monoisotopic (exact) mass is 219 g/mol. The topological polar surface area (TPSA) is 53.1 Å². The van der Waals surface area contributed by atoms with Crippen LogP contribution >= 0.6 is 0 Å². The molecule has 3 nitrogen and oxygen atoms in total. The van der Waals surface area contributed by atoms with E-state index in [0.717, 1.165) is 18.5 Å². The van der Waals surface area contributed by atoms with Gasteiger partial charge in [-0.2, -0.15) is 0 Å². The first-order valence-corrected chi connectivity index (χ1v) is 6.06. The summed E-state index contributed by atoms with van der Waals surface area (Å²) in [5, 5.41) is 10.6. The van der Waals surface area contributed by atoms with Crippen molar-refractivity contribution in [2.45, 2.75) is 38.2 Å². The summed E-state index contributed by atoms with van der Waals surface area (Å²) in [6.07, 6.45) is 6.21. The van der Waals surface area contributed by atoms with Crippen LogP contribution < -0.4 is 5.43 Å². The number of hydrogen-bond acceptors (Lipinski definition) is 2. The van der Waals surface area contributed by atoms with Crippen molar-refractivity contribution in [2.75, 3.05) is 0 Å². The van der Waals surface area contributed by atoms with Gasteiger partial charge in [-0.15, -0.1) is 0 Å². The van der Waals surface area contributed by atoms with Crippen molar-refractivity contribution in [2.24, 2.45) is 11.8 Å². The molecular formula is C13H17NO2. The quantitative estimate of drug-likeness (QED) is 0.755. The maximum atomic E-state index is 11.9. The third-order valence-electron chi connectivity index (χ3n) is 4.28. The molecule has 86 valence electrons. The number of aliphatic hydroxyl groups is 1. The molecule has 1 aromatic rings. The number of fused-ring (bicyclic) bond motifs is 1. The second-order valence-electron chi connectivity index (χ2n) is 5.22. The van der Waals surface area contributed by atoms with Crippen molar-refractivity contribution in [3.8, 4) is 0 Å². The Kier molecular flexibility index (Phi) is 2.02. The van der Waals surface area contributed by atoms with E-state index in [1.807, 2.05) is 6.92 Å². The fraction of sp³-hybridized carbons (Fsp3) is 0.615. The second-order valence-corrected chi connectivity index (χ2v) is 5.22. The Morgan fingerprint density at radius 1 is 1.38 bits per heavy atom. The molecule has 0 bridgehead atoms. The van der Waals surface area contributed by atoms with Crippen LogP contribution in [0.5, 0.6) is 0 Å². The number of pyridine rings is 1. The van der Waals surface area contributed by atoms with E-state index in [1.54, 1.807) is 12.3 Å². The highest BCUT2D eigenvalue weighted by Gasteiger charge is 2.65. The van der Waals surface area contributed by atoms with Crippen molar-refractivity contribution in [1.82, 2.24) is 4.98 Å². The molecule has 0 saturated heterocycles. The highest BCUT2D eigenvalue weighted by molar-refractivity contribution is 5.31. The molecular weight excluding hydrogens is 202 g/mol. The van der Waals surface area contributed by atoms with Gasteiger partial charge in [-0.3, -0.25) is 4.79 Å². The Bertz CT molecular complexity index is 465. The maximum Gasteiger partial charge on any atom is 0.187 e. The summed E-state index contributed by atoms with van der Waals surface area (Å²) >= 11 is 0. The normalized spacial score (nSPS) is 36.9. The first-order valence-electron chi connectivity index (χ1n) is 6.06. The van der Waals surface area contributed by atoms with Crippen LogP contribution in [0.3, 0.4) is 0 Å². The SMILES string of the molecule is Cc1cc(=O)c(C2(O)C3CCCCC32)c[nH]1. The van der Waals surface area contributed by atoms with Crippen molar-refractivity contribution >= 4 is 0 Å². The predicted molar refractivity (Wildman–Crippen MR) is 61.1 cm³/mol. The van der Waals surface area contributed by atoms with Crippen molar-refractivity contribution < 1.29 is 5.11 Å². The molecule has 0 aliphatic heterocycles. The number of aryl methyl sites for hydroxylation is 1. The summed E-state index contributed by atoms with van der Waals surface area (Å²) in [7, 11) is 0. The third kappa shape index (κ3) is 1.21. The van der Waals surface area contributed by atoms with Crippen LogP contribution in [0.2, 0.25) is 0 Å². The van der Waals surface area contributed by atoms with Crippen LogP contribution in [0.4, 0.5) is 0 Å². The smallest absolute Gasteiger partial charge is 0.187 e. The van der Waals surface area contributed by atoms with Crippen molar-refractivity contribution in [1.29, 1.82) is 0 Å². The van der Waals surface area contributed by atoms with E-state index in [1.165, 1.54) is 12.8 Å². The van der Waals surface area contributed by atoms with E-state index in [9.17, 15) is 9.90 Å². The second kappa shape index (κ2) is 3.20. The van der Waals surface area contributed by atoms with Crippen LogP contribution in [-0.2, 0) is 5.60 Å². The molecule has 2 atom stereocenters. The fourth-order valence-corrected chi connectivity index (χ4v) is 3.38. The van der Waals surface area contributed by atoms with Gasteiger partial charge in [-0.25, -0.2) is 0 Å². The van der Waals surface area contributed by atoms with E-state index in [-0.39, 0.29) is 5.43 Å². The van der Waals surface area contributed by atoms with Gasteiger partial charge in [0.15, 0.2) is 5.43 Å². The van der Waals surface area contributed by atoms with Gasteiger partial charge in [-0.05, 0) is 31.6 Å². The van der Waals surface area contributed by atoms with Crippen LogP contribution in [0.25, 0.3) is 0 Å². The molecule has 0 spiro atoms. The third-order valence-corrected chi connectivity index (χ3v) is 4.28. The minimum atomic E-state index is -0.822. The lowest BCUT2D eigenvalue weighted by atomic mass is 10.0. The van der Waals surface area contributed by atoms with E-state index < -0.39 is 5.60 Å². The van der Waals surface area contributed by atoms with Crippen LogP contribution in [-0.4, -0.2) is 10.1 Å². The number of aromatic amines is 1. The Morgan fingerprint density at radius 3 is 2.56 bits per heavy atom. The first-order chi connectivity index (χ1) is 7.64. The predicted octanol–water partition coefficient (Wildman–Crippen LogP) is 1.69. The Labute approximate surface area is 94.5 Å². The van der Waals surface area contributed by atoms with E-state index >= 15 is 0 Å². The number of rotatable bonds is 1. The molecule has 2 fully saturated rings. The van der Waals surface area contributed by atoms with Crippen molar-refractivity contribution in [3.63, 3.8) is 0 Å². The Morgan fingerprint density at radius 2 is 2.00 bits per heavy atom. The average molecular weight is 219 g/mol. The molecule has 1 heterocycles. The van der Waals surface area contributed by atoms with Crippen molar-refractivity contribution in [3.05, 3.63) is 33.7 Å². The summed E-state index contributed by atoms with van der Waals surface area (Å²) in [5.41, 5.74) is 0.585. The molecule has 2 saturated carbocycles.